The van der Waals surface area contributed by atoms with Gasteiger partial charge in [0.15, 0.2) is 0 Å². The van der Waals surface area contributed by atoms with E-state index in [0.717, 1.165) is 18.5 Å². The average Bonchev–Trinajstić information content (AvgIpc) is 3.12. The van der Waals surface area contributed by atoms with Gasteiger partial charge in [-0.1, -0.05) is 6.07 Å². The van der Waals surface area contributed by atoms with Gasteiger partial charge in [0, 0.05) is 38.6 Å². The first-order valence-corrected chi connectivity index (χ1v) is 8.82. The number of amides is 2. The topological polar surface area (TPSA) is 67.2 Å². The predicted octanol–water partition coefficient (Wildman–Crippen LogP) is 1.05. The highest BCUT2D eigenvalue weighted by Gasteiger charge is 2.32. The quantitative estimate of drug-likeness (QED) is 0.818. The second kappa shape index (κ2) is 6.84. The molecule has 2 fully saturated rings. The highest BCUT2D eigenvalue weighted by molar-refractivity contribution is 5.93. The first-order valence-electron chi connectivity index (χ1n) is 8.82. The zero-order chi connectivity index (χ0) is 17.2. The zero-order valence-electron chi connectivity index (χ0n) is 14.1. The number of fused-ring (bicyclic) bond motifs is 1. The third-order valence-corrected chi connectivity index (χ3v) is 4.96. The first kappa shape index (κ1) is 16.1. The van der Waals surface area contributed by atoms with E-state index in [1.54, 1.807) is 11.1 Å². The molecule has 25 heavy (non-hydrogen) atoms. The molecule has 2 aliphatic rings. The minimum absolute atomic E-state index is 0.0943. The van der Waals surface area contributed by atoms with Gasteiger partial charge >= 0.3 is 0 Å². The van der Waals surface area contributed by atoms with E-state index in [-0.39, 0.29) is 17.7 Å². The van der Waals surface area contributed by atoms with Crippen LogP contribution in [-0.4, -0.2) is 70.4 Å². The fourth-order valence-corrected chi connectivity index (χ4v) is 3.60. The van der Waals surface area contributed by atoms with Gasteiger partial charge in [0.1, 0.15) is 11.3 Å². The van der Waals surface area contributed by atoms with E-state index in [2.05, 4.69) is 4.98 Å². The van der Waals surface area contributed by atoms with E-state index in [9.17, 15) is 9.59 Å². The lowest BCUT2D eigenvalue weighted by Crippen LogP contribution is -2.49. The Hall–Kier alpha value is -2.41. The van der Waals surface area contributed by atoms with Crippen LogP contribution >= 0.6 is 0 Å². The van der Waals surface area contributed by atoms with Crippen molar-refractivity contribution in [1.82, 2.24) is 19.2 Å². The maximum atomic E-state index is 12.8. The molecule has 7 nitrogen and oxygen atoms in total. The van der Waals surface area contributed by atoms with Gasteiger partial charge in [0.25, 0.3) is 5.91 Å². The summed E-state index contributed by atoms with van der Waals surface area (Å²) in [6.07, 6.45) is 5.32. The number of hydrogen-bond donors (Lipinski definition) is 0. The van der Waals surface area contributed by atoms with Crippen LogP contribution in [0.4, 0.5) is 0 Å². The Labute approximate surface area is 146 Å². The van der Waals surface area contributed by atoms with E-state index in [1.807, 2.05) is 33.7 Å². The van der Waals surface area contributed by atoms with Gasteiger partial charge in [-0.2, -0.15) is 0 Å². The maximum Gasteiger partial charge on any atom is 0.274 e. The molecule has 0 radical (unpaired) electrons. The Morgan fingerprint density at radius 3 is 2.76 bits per heavy atom. The second-order valence-corrected chi connectivity index (χ2v) is 6.62. The number of morpholine rings is 1. The van der Waals surface area contributed by atoms with Crippen molar-refractivity contribution in [3.8, 4) is 0 Å². The van der Waals surface area contributed by atoms with Gasteiger partial charge in [-0.05, 0) is 25.0 Å². The van der Waals surface area contributed by atoms with Crippen molar-refractivity contribution in [2.45, 2.75) is 12.8 Å². The molecular formula is C18H22N4O3. The SMILES string of the molecule is O=C(c1cn2ccccc2n1)N1CCCC(C(=O)N2CCOCC2)C1. The second-order valence-electron chi connectivity index (χ2n) is 6.62. The van der Waals surface area contributed by atoms with Gasteiger partial charge in [0.2, 0.25) is 5.91 Å². The Balaban J connectivity index is 1.46. The molecule has 2 aromatic rings. The van der Waals surface area contributed by atoms with Gasteiger partial charge in [-0.3, -0.25) is 9.59 Å². The van der Waals surface area contributed by atoms with Crippen molar-refractivity contribution in [2.24, 2.45) is 5.92 Å². The Bertz CT molecular complexity index is 748. The minimum Gasteiger partial charge on any atom is -0.378 e. The highest BCUT2D eigenvalue weighted by atomic mass is 16.5. The molecule has 0 aromatic carbocycles. The molecule has 2 amide bonds. The zero-order valence-corrected chi connectivity index (χ0v) is 14.1. The Morgan fingerprint density at radius 1 is 1.12 bits per heavy atom. The fraction of sp³-hybridized carbons (Fsp3) is 0.500. The van der Waals surface area contributed by atoms with E-state index >= 15 is 0 Å². The van der Waals surface area contributed by atoms with Crippen molar-refractivity contribution in [2.75, 3.05) is 39.4 Å². The monoisotopic (exact) mass is 342 g/mol. The molecule has 0 N–H and O–H groups in total. The molecule has 2 saturated heterocycles. The summed E-state index contributed by atoms with van der Waals surface area (Å²) in [5.74, 6) is -0.0631. The molecule has 0 bridgehead atoms. The van der Waals surface area contributed by atoms with Crippen molar-refractivity contribution in [3.05, 3.63) is 36.3 Å². The van der Waals surface area contributed by atoms with Crippen LogP contribution in [-0.2, 0) is 9.53 Å². The summed E-state index contributed by atoms with van der Waals surface area (Å²) in [7, 11) is 0. The molecular weight excluding hydrogens is 320 g/mol. The van der Waals surface area contributed by atoms with Crippen LogP contribution in [0.1, 0.15) is 23.3 Å². The van der Waals surface area contributed by atoms with Gasteiger partial charge in [-0.25, -0.2) is 4.98 Å². The van der Waals surface area contributed by atoms with Crippen molar-refractivity contribution in [3.63, 3.8) is 0 Å². The lowest BCUT2D eigenvalue weighted by atomic mass is 9.96. The van der Waals surface area contributed by atoms with E-state index in [1.165, 1.54) is 0 Å². The number of pyridine rings is 1. The molecule has 132 valence electrons. The molecule has 7 heteroatoms. The van der Waals surface area contributed by atoms with Crippen LogP contribution in [0.3, 0.4) is 0 Å². The number of imidazole rings is 1. The summed E-state index contributed by atoms with van der Waals surface area (Å²) < 4.78 is 7.16. The summed E-state index contributed by atoms with van der Waals surface area (Å²) >= 11 is 0. The number of nitrogens with zero attached hydrogens (tertiary/aromatic N) is 4. The highest BCUT2D eigenvalue weighted by Crippen LogP contribution is 2.21. The maximum absolute atomic E-state index is 12.8. The number of piperidine rings is 1. The van der Waals surface area contributed by atoms with Gasteiger partial charge in [0.05, 0.1) is 19.1 Å². The lowest BCUT2D eigenvalue weighted by molar-refractivity contribution is -0.141. The van der Waals surface area contributed by atoms with E-state index < -0.39 is 0 Å². The standard InChI is InChI=1S/C18H22N4O3/c23-17(20-8-10-25-11-9-20)14-4-3-7-22(12-14)18(24)15-13-21-6-2-1-5-16(21)19-15/h1-2,5-6,13-14H,3-4,7-12H2. The predicted molar refractivity (Wildman–Crippen MR) is 91.2 cm³/mol. The van der Waals surface area contributed by atoms with Crippen LogP contribution in [0.5, 0.6) is 0 Å². The molecule has 1 unspecified atom stereocenters. The van der Waals surface area contributed by atoms with Crippen molar-refractivity contribution in [1.29, 1.82) is 0 Å². The number of carbonyl (C=O) groups excluding carboxylic acids is 2. The fourth-order valence-electron chi connectivity index (χ4n) is 3.60. The Kier molecular flexibility index (Phi) is 4.40. The number of carbonyl (C=O) groups is 2. The Morgan fingerprint density at radius 2 is 1.96 bits per heavy atom. The van der Waals surface area contributed by atoms with E-state index in [4.69, 9.17) is 4.74 Å². The van der Waals surface area contributed by atoms with Crippen LogP contribution in [0.15, 0.2) is 30.6 Å². The van der Waals surface area contributed by atoms with Crippen LogP contribution in [0.2, 0.25) is 0 Å². The molecule has 0 aliphatic carbocycles. The van der Waals surface area contributed by atoms with Crippen LogP contribution in [0.25, 0.3) is 5.65 Å². The summed E-state index contributed by atoms with van der Waals surface area (Å²) in [6.45, 7) is 3.65. The molecule has 2 aliphatic heterocycles. The summed E-state index contributed by atoms with van der Waals surface area (Å²) in [5.41, 5.74) is 1.19. The van der Waals surface area contributed by atoms with Crippen molar-refractivity contribution < 1.29 is 14.3 Å². The smallest absolute Gasteiger partial charge is 0.274 e. The third kappa shape index (κ3) is 3.24. The summed E-state index contributed by atoms with van der Waals surface area (Å²) in [5, 5.41) is 0. The molecule has 0 saturated carbocycles. The molecule has 4 rings (SSSR count). The third-order valence-electron chi connectivity index (χ3n) is 4.96. The normalized spacial score (nSPS) is 21.5. The van der Waals surface area contributed by atoms with Crippen molar-refractivity contribution >= 4 is 17.5 Å². The van der Waals surface area contributed by atoms with Crippen LogP contribution in [0, 0.1) is 5.92 Å². The number of rotatable bonds is 2. The lowest BCUT2D eigenvalue weighted by Gasteiger charge is -2.36. The minimum atomic E-state index is -0.118. The molecule has 2 aromatic heterocycles. The number of likely N-dealkylation sites (tertiary alicyclic amines) is 1. The van der Waals surface area contributed by atoms with Gasteiger partial charge < -0.3 is 18.9 Å². The average molecular weight is 342 g/mol. The summed E-state index contributed by atoms with van der Waals surface area (Å²) in [4.78, 5) is 33.6. The number of ether oxygens (including phenoxy) is 1. The largest absolute Gasteiger partial charge is 0.378 e. The number of aromatic nitrogens is 2. The molecule has 1 atom stereocenters. The van der Waals surface area contributed by atoms with Crippen LogP contribution < -0.4 is 0 Å². The number of hydrogen-bond acceptors (Lipinski definition) is 4. The first-order chi connectivity index (χ1) is 12.2. The molecule has 4 heterocycles. The van der Waals surface area contributed by atoms with E-state index in [0.29, 0.717) is 45.1 Å². The van der Waals surface area contributed by atoms with Gasteiger partial charge in [-0.15, -0.1) is 0 Å². The summed E-state index contributed by atoms with van der Waals surface area (Å²) in [6, 6.07) is 5.67. The molecule has 0 spiro atoms.